The molecular formula is C109H70N12. The molecule has 121 heavy (non-hydrogen) atoms. The van der Waals surface area contributed by atoms with Gasteiger partial charge >= 0.3 is 0 Å². The van der Waals surface area contributed by atoms with Gasteiger partial charge in [-0.1, -0.05) is 272 Å². The average Bonchev–Trinajstić information content (AvgIpc) is 1.52. The van der Waals surface area contributed by atoms with Crippen LogP contribution >= 0.6 is 0 Å². The number of fused-ring (bicyclic) bond motifs is 18. The lowest BCUT2D eigenvalue weighted by atomic mass is 10.1. The maximum absolute atomic E-state index is 10.0. The number of para-hydroxylation sites is 9. The van der Waals surface area contributed by atoms with Crippen molar-refractivity contribution in [3.63, 3.8) is 0 Å². The van der Waals surface area contributed by atoms with Gasteiger partial charge in [0.05, 0.1) is 106 Å². The van der Waals surface area contributed by atoms with Crippen LogP contribution in [0.1, 0.15) is 45.3 Å². The first-order valence-corrected chi connectivity index (χ1v) is 38.6. The molecule has 8 heterocycles. The summed E-state index contributed by atoms with van der Waals surface area (Å²) in [4.78, 5) is 30.1. The third kappa shape index (κ3) is 11.3. The molecule has 0 spiro atoms. The van der Waals surface area contributed by atoms with Crippen molar-refractivity contribution >= 4 is 131 Å². The van der Waals surface area contributed by atoms with Crippen LogP contribution in [0.3, 0.4) is 0 Å². The van der Waals surface area contributed by atoms with Crippen LogP contribution in [0.15, 0.2) is 406 Å². The van der Waals surface area contributed by atoms with E-state index in [-0.39, 0.29) is 128 Å². The first kappa shape index (κ1) is 45.7. The van der Waals surface area contributed by atoms with E-state index in [1.165, 1.54) is 16.1 Å². The standard InChI is InChI=1S/C57H36N6.C52H34N6/c1-2-16-37(17-3-1)55-58-56(38-18-14-20-40(34-38)61-49-27-9-4-22-43(49)44-23-5-10-28-50(44)61)60-57(59-55)39-19-15-21-41(35-39)62-53-31-13-8-26-47(53)48-36-42(32-33-54(48)62)63-51-29-11-6-24-45(51)46-25-7-12-30-52(46)63;1-33-26-28-48-42(30-33)43-32-37(57-44-22-9-5-18-38(44)39-19-6-10-23-45(39)57)27-29-49(43)56(48)36-17-13-16-35(31-36)51-53-50(34-14-3-2-4-15-34)54-52(55-51)58-46-24-11-7-20-40(46)41-21-8-12-25-47(41)58/h1-36H;2-32H,1H3/i6D,7D,8D,11D,12D,13D,24D,25D,26D,29D,30D,31D,32D,33D,36D;5D,6D,9D,10D,18D,19D,22D,23D,26D,27D,28D,29D,30D,32D. The normalized spacial score (nSPS) is 15.2. The Kier molecular flexibility index (Phi) is 10.6. The lowest BCUT2D eigenvalue weighted by Crippen LogP contribution is -2.06. The number of aromatic nitrogens is 12. The van der Waals surface area contributed by atoms with Crippen LogP contribution in [-0.4, -0.2) is 57.3 Å². The fourth-order valence-electron chi connectivity index (χ4n) is 16.6. The largest absolute Gasteiger partial charge is 0.309 e. The van der Waals surface area contributed by atoms with Crippen LogP contribution in [0.25, 0.3) is 222 Å². The summed E-state index contributed by atoms with van der Waals surface area (Å²) in [5.41, 5.74) is 5.38. The van der Waals surface area contributed by atoms with Gasteiger partial charge in [0.15, 0.2) is 29.1 Å². The van der Waals surface area contributed by atoms with E-state index in [4.69, 9.17) is 55.9 Å². The van der Waals surface area contributed by atoms with Crippen LogP contribution < -0.4 is 0 Å². The predicted octanol–water partition coefficient (Wildman–Crippen LogP) is 27.0. The van der Waals surface area contributed by atoms with E-state index >= 15 is 0 Å². The summed E-state index contributed by atoms with van der Waals surface area (Å²) < 4.78 is 273. The van der Waals surface area contributed by atoms with Crippen molar-refractivity contribution < 1.29 is 39.8 Å². The highest BCUT2D eigenvalue weighted by Crippen LogP contribution is 2.43. The van der Waals surface area contributed by atoms with Crippen molar-refractivity contribution in [2.45, 2.75) is 6.92 Å². The summed E-state index contributed by atoms with van der Waals surface area (Å²) in [6.07, 6.45) is 0. The third-order valence-corrected chi connectivity index (χ3v) is 21.8. The Hall–Kier alpha value is -16.4. The van der Waals surface area contributed by atoms with Gasteiger partial charge in [-0.3, -0.25) is 4.57 Å². The summed E-state index contributed by atoms with van der Waals surface area (Å²) in [6.45, 7) is 1.50. The number of benzene rings is 17. The van der Waals surface area contributed by atoms with Crippen LogP contribution in [-0.2, 0) is 0 Å². The van der Waals surface area contributed by atoms with Gasteiger partial charge in [0.2, 0.25) is 5.95 Å². The van der Waals surface area contributed by atoms with Crippen molar-refractivity contribution in [1.29, 1.82) is 0 Å². The second-order valence-electron chi connectivity index (χ2n) is 28.8. The van der Waals surface area contributed by atoms with Gasteiger partial charge in [-0.05, 0) is 146 Å². The lowest BCUT2D eigenvalue weighted by molar-refractivity contribution is 0.953. The highest BCUT2D eigenvalue weighted by Gasteiger charge is 2.24. The smallest absolute Gasteiger partial charge is 0.238 e. The minimum absolute atomic E-state index is 0.0154. The van der Waals surface area contributed by atoms with Crippen molar-refractivity contribution in [1.82, 2.24) is 57.3 Å². The molecule has 25 aromatic rings. The Labute approximate surface area is 734 Å². The highest BCUT2D eigenvalue weighted by molar-refractivity contribution is 6.16. The molecule has 12 heteroatoms. The molecule has 12 nitrogen and oxygen atoms in total. The van der Waals surface area contributed by atoms with Crippen LogP contribution in [0.5, 0.6) is 0 Å². The monoisotopic (exact) mass is 1580 g/mol. The van der Waals surface area contributed by atoms with Gasteiger partial charge < -0.3 is 22.8 Å². The molecule has 0 aliphatic carbocycles. The topological polar surface area (TPSA) is 107 Å². The molecule has 566 valence electrons. The third-order valence-electron chi connectivity index (χ3n) is 21.8. The maximum atomic E-state index is 10.0. The van der Waals surface area contributed by atoms with E-state index in [9.17, 15) is 13.7 Å². The Balaban J connectivity index is 0.000000160. The zero-order valence-electron chi connectivity index (χ0n) is 92.3. The van der Waals surface area contributed by atoms with Crippen molar-refractivity contribution in [2.75, 3.05) is 0 Å². The fraction of sp³-hybridized carbons (Fsp3) is 0.00917. The van der Waals surface area contributed by atoms with E-state index in [1.807, 2.05) is 162 Å². The average molecular weight is 1580 g/mol. The van der Waals surface area contributed by atoms with Crippen LogP contribution in [0.4, 0.5) is 0 Å². The first-order chi connectivity index (χ1) is 72.0. The number of hydrogen-bond donors (Lipinski definition) is 0. The molecule has 0 aliphatic rings. The Bertz CT molecular complexity index is 10100. The lowest BCUT2D eigenvalue weighted by Gasteiger charge is -2.13. The molecule has 0 unspecified atom stereocenters. The number of nitrogens with zero attached hydrogens (tertiary/aromatic N) is 12. The molecule has 0 radical (unpaired) electrons. The molecule has 0 aliphatic heterocycles. The molecule has 0 atom stereocenters. The minimum atomic E-state index is -0.725. The second kappa shape index (κ2) is 27.9. The van der Waals surface area contributed by atoms with Gasteiger partial charge in [-0.15, -0.1) is 0 Å². The fourth-order valence-corrected chi connectivity index (χ4v) is 16.6. The molecule has 0 saturated carbocycles. The summed E-state index contributed by atoms with van der Waals surface area (Å²) in [5, 5.41) is 2.49. The Morgan fingerprint density at radius 2 is 0.455 bits per heavy atom. The van der Waals surface area contributed by atoms with E-state index < -0.39 is 168 Å². The molecule has 0 fully saturated rings. The van der Waals surface area contributed by atoms with Crippen LogP contribution in [0, 0.1) is 6.92 Å². The summed E-state index contributed by atoms with van der Waals surface area (Å²) in [7, 11) is 0. The second-order valence-corrected chi connectivity index (χ2v) is 28.8. The van der Waals surface area contributed by atoms with Gasteiger partial charge in [0.1, 0.15) is 0 Å². The molecule has 17 aromatic carbocycles. The molecule has 0 bridgehead atoms. The van der Waals surface area contributed by atoms with Gasteiger partial charge in [-0.25, -0.2) is 19.9 Å². The summed E-state index contributed by atoms with van der Waals surface area (Å²) in [6, 6.07) is 55.0. The first-order valence-electron chi connectivity index (χ1n) is 53.1. The van der Waals surface area contributed by atoms with E-state index in [1.54, 1.807) is 48.5 Å². The minimum Gasteiger partial charge on any atom is -0.309 e. The Morgan fingerprint density at radius 3 is 0.843 bits per heavy atom. The molecule has 0 saturated heterocycles. The molecule has 8 aromatic heterocycles. The zero-order chi connectivity index (χ0) is 105. The molecule has 0 N–H and O–H groups in total. The quantitative estimate of drug-likeness (QED) is 0.128. The van der Waals surface area contributed by atoms with Crippen molar-refractivity contribution in [3.8, 4) is 91.3 Å². The van der Waals surface area contributed by atoms with Gasteiger partial charge in [0.25, 0.3) is 0 Å². The van der Waals surface area contributed by atoms with E-state index in [2.05, 4.69) is 28.8 Å². The highest BCUT2D eigenvalue weighted by atomic mass is 15.2. The number of rotatable bonds is 11. The van der Waals surface area contributed by atoms with Crippen molar-refractivity contribution in [2.24, 2.45) is 0 Å². The van der Waals surface area contributed by atoms with Crippen LogP contribution in [0.2, 0.25) is 0 Å². The zero-order valence-corrected chi connectivity index (χ0v) is 63.3. The van der Waals surface area contributed by atoms with Gasteiger partial charge in [-0.2, -0.15) is 9.97 Å². The van der Waals surface area contributed by atoms with E-state index in [0.29, 0.717) is 51.4 Å². The molecule has 0 amide bonds. The molecule has 25 rings (SSSR count). The molecular weight excluding hydrogens is 1480 g/mol. The van der Waals surface area contributed by atoms with E-state index in [0.717, 1.165) is 64.0 Å². The summed E-state index contributed by atoms with van der Waals surface area (Å²) in [5.74, 6) is 1.88. The Morgan fingerprint density at radius 1 is 0.190 bits per heavy atom. The number of hydrogen-bond acceptors (Lipinski definition) is 6. The predicted molar refractivity (Wildman–Crippen MR) is 498 cm³/mol. The van der Waals surface area contributed by atoms with Gasteiger partial charge in [0, 0.05) is 121 Å². The van der Waals surface area contributed by atoms with Crippen molar-refractivity contribution in [3.05, 3.63) is 411 Å². The summed E-state index contributed by atoms with van der Waals surface area (Å²) >= 11 is 0. The maximum Gasteiger partial charge on any atom is 0.238 e. The SMILES string of the molecule is [2H]c1c([2H])c([2H])c2c(c1[2H])c1c([2H])c(-n3c4c([2H])c([2H])c([2H])c([2H])c4c4c([2H])c([2H])c([2H])c([2H])c43)c([2H])c([2H])c1n2-c1cccc(-c2nc(-c3ccccc3)nc(-c3cccc(-n4c5ccccc5c5ccccc54)c3)n2)c1.[2H]c1c([2H])c([2H])c2c(c1[2H])c1c([2H])c([2H])c([2H])c([2H])c1n2-c1c([2H])c([2H])c2c(c1[2H])c1c([2H])c(C)c([2H])c([2H])c1n2-c1cccc(-c2nc(-c3ccccc3)nc(-n3c4ccccc4c4ccccc43)n2)c1.